The predicted molar refractivity (Wildman–Crippen MR) is 70.2 cm³/mol. The minimum absolute atomic E-state index is 0.274. The SMILES string of the molecule is CCCC(CCO)CNCCCCC(N)=NO. The Morgan fingerprint density at radius 3 is 2.71 bits per heavy atom. The molecule has 0 saturated carbocycles. The highest BCUT2D eigenvalue weighted by Crippen LogP contribution is 2.09. The summed E-state index contributed by atoms with van der Waals surface area (Å²) >= 11 is 0. The van der Waals surface area contributed by atoms with E-state index in [1.54, 1.807) is 0 Å². The van der Waals surface area contributed by atoms with Crippen molar-refractivity contribution in [3.63, 3.8) is 0 Å². The Morgan fingerprint density at radius 2 is 2.12 bits per heavy atom. The summed E-state index contributed by atoms with van der Waals surface area (Å²) in [5, 5.41) is 23.6. The zero-order chi connectivity index (χ0) is 12.9. The van der Waals surface area contributed by atoms with Gasteiger partial charge in [0, 0.05) is 13.0 Å². The molecule has 5 nitrogen and oxygen atoms in total. The Hall–Kier alpha value is -0.810. The van der Waals surface area contributed by atoms with Gasteiger partial charge in [0.25, 0.3) is 0 Å². The molecule has 0 bridgehead atoms. The fourth-order valence-corrected chi connectivity index (χ4v) is 1.85. The molecule has 0 aromatic heterocycles. The molecule has 0 fully saturated rings. The van der Waals surface area contributed by atoms with Gasteiger partial charge in [-0.25, -0.2) is 0 Å². The summed E-state index contributed by atoms with van der Waals surface area (Å²) in [7, 11) is 0. The van der Waals surface area contributed by atoms with Crippen LogP contribution in [-0.2, 0) is 0 Å². The summed E-state index contributed by atoms with van der Waals surface area (Å²) < 4.78 is 0. The standard InChI is InChI=1S/C12H27N3O2/c1-2-5-11(7-9-16)10-14-8-4-3-6-12(13)15-17/h11,14,16-17H,2-10H2,1H3,(H2,13,15). The minimum Gasteiger partial charge on any atom is -0.409 e. The number of nitrogens with zero attached hydrogens (tertiary/aromatic N) is 1. The van der Waals surface area contributed by atoms with Crippen LogP contribution in [-0.4, -0.2) is 35.8 Å². The number of hydrogen-bond donors (Lipinski definition) is 4. The van der Waals surface area contributed by atoms with Crippen molar-refractivity contribution in [1.82, 2.24) is 5.32 Å². The number of aliphatic hydroxyl groups is 1. The number of nitrogens with two attached hydrogens (primary N) is 1. The molecule has 0 aliphatic heterocycles. The zero-order valence-electron chi connectivity index (χ0n) is 10.9. The van der Waals surface area contributed by atoms with Crippen LogP contribution in [0.2, 0.25) is 0 Å². The molecule has 5 heteroatoms. The van der Waals surface area contributed by atoms with Crippen LogP contribution in [0.1, 0.15) is 45.4 Å². The fraction of sp³-hybridized carbons (Fsp3) is 0.917. The Labute approximate surface area is 104 Å². The van der Waals surface area contributed by atoms with Crippen LogP contribution < -0.4 is 11.1 Å². The van der Waals surface area contributed by atoms with Gasteiger partial charge in [0.15, 0.2) is 0 Å². The van der Waals surface area contributed by atoms with Crippen molar-refractivity contribution in [1.29, 1.82) is 0 Å². The average molecular weight is 245 g/mol. The van der Waals surface area contributed by atoms with Crippen molar-refractivity contribution >= 4 is 5.84 Å². The summed E-state index contributed by atoms with van der Waals surface area (Å²) in [4.78, 5) is 0. The van der Waals surface area contributed by atoms with Gasteiger partial charge in [0.05, 0.1) is 0 Å². The Balaban J connectivity index is 3.41. The molecular formula is C12H27N3O2. The van der Waals surface area contributed by atoms with E-state index >= 15 is 0 Å². The number of unbranched alkanes of at least 4 members (excludes halogenated alkanes) is 1. The van der Waals surface area contributed by atoms with E-state index in [0.29, 0.717) is 18.2 Å². The summed E-state index contributed by atoms with van der Waals surface area (Å²) in [6, 6.07) is 0. The lowest BCUT2D eigenvalue weighted by Gasteiger charge is -2.15. The second-order valence-corrected chi connectivity index (χ2v) is 4.42. The number of amidine groups is 1. The van der Waals surface area contributed by atoms with Gasteiger partial charge in [-0.1, -0.05) is 18.5 Å². The number of nitrogens with one attached hydrogen (secondary N) is 1. The molecule has 17 heavy (non-hydrogen) atoms. The van der Waals surface area contributed by atoms with Crippen molar-refractivity contribution in [2.45, 2.75) is 45.4 Å². The van der Waals surface area contributed by atoms with Crippen molar-refractivity contribution in [2.24, 2.45) is 16.8 Å². The molecule has 0 saturated heterocycles. The smallest absolute Gasteiger partial charge is 0.139 e. The van der Waals surface area contributed by atoms with Crippen molar-refractivity contribution in [3.8, 4) is 0 Å². The molecule has 0 aromatic rings. The van der Waals surface area contributed by atoms with Crippen molar-refractivity contribution in [3.05, 3.63) is 0 Å². The number of aliphatic hydroxyl groups excluding tert-OH is 1. The molecule has 0 aromatic carbocycles. The number of oxime groups is 1. The van der Waals surface area contributed by atoms with E-state index < -0.39 is 0 Å². The van der Waals surface area contributed by atoms with E-state index in [1.165, 1.54) is 0 Å². The molecule has 0 spiro atoms. The van der Waals surface area contributed by atoms with E-state index in [1.807, 2.05) is 0 Å². The maximum Gasteiger partial charge on any atom is 0.139 e. The molecule has 0 aliphatic rings. The van der Waals surface area contributed by atoms with Gasteiger partial charge in [-0.2, -0.15) is 0 Å². The molecule has 5 N–H and O–H groups in total. The van der Waals surface area contributed by atoms with Crippen LogP contribution in [0, 0.1) is 5.92 Å². The van der Waals surface area contributed by atoms with Crippen LogP contribution in [0.15, 0.2) is 5.16 Å². The first kappa shape index (κ1) is 16.2. The summed E-state index contributed by atoms with van der Waals surface area (Å²) in [6.45, 7) is 4.36. The first-order valence-corrected chi connectivity index (χ1v) is 6.52. The Morgan fingerprint density at radius 1 is 1.35 bits per heavy atom. The van der Waals surface area contributed by atoms with Crippen LogP contribution in [0.3, 0.4) is 0 Å². The maximum atomic E-state index is 8.91. The fourth-order valence-electron chi connectivity index (χ4n) is 1.85. The Bertz CT molecular complexity index is 192. The van der Waals surface area contributed by atoms with Gasteiger partial charge in [-0.05, 0) is 44.7 Å². The lowest BCUT2D eigenvalue weighted by atomic mass is 10.0. The molecular weight excluding hydrogens is 218 g/mol. The highest BCUT2D eigenvalue weighted by atomic mass is 16.4. The summed E-state index contributed by atoms with van der Waals surface area (Å²) in [5.74, 6) is 0.878. The molecule has 0 amide bonds. The topological polar surface area (TPSA) is 90.9 Å². The van der Waals surface area contributed by atoms with Crippen LogP contribution in [0.5, 0.6) is 0 Å². The second kappa shape index (κ2) is 11.7. The van der Waals surface area contributed by atoms with Gasteiger partial charge in [-0.3, -0.25) is 0 Å². The molecule has 0 aliphatic carbocycles. The van der Waals surface area contributed by atoms with Gasteiger partial charge >= 0.3 is 0 Å². The van der Waals surface area contributed by atoms with Crippen molar-refractivity contribution < 1.29 is 10.3 Å². The molecule has 0 rings (SSSR count). The first-order chi connectivity index (χ1) is 8.24. The third-order valence-electron chi connectivity index (χ3n) is 2.83. The maximum absolute atomic E-state index is 8.91. The number of rotatable bonds is 11. The van der Waals surface area contributed by atoms with E-state index in [4.69, 9.17) is 16.0 Å². The molecule has 1 unspecified atom stereocenters. The third-order valence-corrected chi connectivity index (χ3v) is 2.83. The van der Waals surface area contributed by atoms with Gasteiger partial charge in [0.1, 0.15) is 5.84 Å². The van der Waals surface area contributed by atoms with Crippen molar-refractivity contribution in [2.75, 3.05) is 19.7 Å². The average Bonchev–Trinajstić information content (AvgIpc) is 2.33. The largest absolute Gasteiger partial charge is 0.409 e. The normalized spacial score (nSPS) is 13.9. The van der Waals surface area contributed by atoms with E-state index in [9.17, 15) is 0 Å². The monoisotopic (exact) mass is 245 g/mol. The highest BCUT2D eigenvalue weighted by molar-refractivity contribution is 5.79. The molecule has 1 atom stereocenters. The lowest BCUT2D eigenvalue weighted by Crippen LogP contribution is -2.24. The van der Waals surface area contributed by atoms with E-state index in [0.717, 1.165) is 45.2 Å². The molecule has 0 radical (unpaired) electrons. The van der Waals surface area contributed by atoms with Crippen LogP contribution in [0.25, 0.3) is 0 Å². The lowest BCUT2D eigenvalue weighted by molar-refractivity contribution is 0.248. The third kappa shape index (κ3) is 10.1. The summed E-state index contributed by atoms with van der Waals surface area (Å²) in [6.07, 6.45) is 5.81. The van der Waals surface area contributed by atoms with Gasteiger partial charge in [0.2, 0.25) is 0 Å². The van der Waals surface area contributed by atoms with Crippen LogP contribution in [0.4, 0.5) is 0 Å². The zero-order valence-corrected chi connectivity index (χ0v) is 10.9. The Kier molecular flexibility index (Phi) is 11.1. The predicted octanol–water partition coefficient (Wildman–Crippen LogP) is 1.29. The summed E-state index contributed by atoms with van der Waals surface area (Å²) in [5.41, 5.74) is 5.37. The second-order valence-electron chi connectivity index (χ2n) is 4.42. The van der Waals surface area contributed by atoms with Gasteiger partial charge < -0.3 is 21.4 Å². The van der Waals surface area contributed by atoms with E-state index in [-0.39, 0.29) is 6.61 Å². The van der Waals surface area contributed by atoms with Crippen LogP contribution >= 0.6 is 0 Å². The molecule has 0 heterocycles. The molecule has 102 valence electrons. The first-order valence-electron chi connectivity index (χ1n) is 6.52. The minimum atomic E-state index is 0.274. The van der Waals surface area contributed by atoms with E-state index in [2.05, 4.69) is 17.4 Å². The highest BCUT2D eigenvalue weighted by Gasteiger charge is 2.05. The number of hydrogen-bond acceptors (Lipinski definition) is 4. The quantitative estimate of drug-likeness (QED) is 0.145. The van der Waals surface area contributed by atoms with Gasteiger partial charge in [-0.15, -0.1) is 0 Å².